The van der Waals surface area contributed by atoms with Gasteiger partial charge >= 0.3 is 6.61 Å². The van der Waals surface area contributed by atoms with Gasteiger partial charge in [0.05, 0.1) is 19.4 Å². The lowest BCUT2D eigenvalue weighted by Gasteiger charge is -2.13. The third kappa shape index (κ3) is 8.20. The Hall–Kier alpha value is -4.13. The van der Waals surface area contributed by atoms with E-state index in [-0.39, 0.29) is 49.5 Å². The van der Waals surface area contributed by atoms with Crippen LogP contribution in [0, 0.1) is 0 Å². The smallest absolute Gasteiger partial charge is 0.387 e. The molecule has 0 aliphatic rings. The molecule has 0 aliphatic heterocycles. The second-order valence-electron chi connectivity index (χ2n) is 7.45. The van der Waals surface area contributed by atoms with Crippen molar-refractivity contribution in [2.75, 3.05) is 33.0 Å². The summed E-state index contributed by atoms with van der Waals surface area (Å²) in [6, 6.07) is 10.6. The molecule has 3 rings (SSSR count). The van der Waals surface area contributed by atoms with Crippen molar-refractivity contribution < 1.29 is 37.0 Å². The van der Waals surface area contributed by atoms with Crippen molar-refractivity contribution in [3.8, 4) is 17.2 Å². The second-order valence-corrected chi connectivity index (χ2v) is 7.45. The van der Waals surface area contributed by atoms with Crippen molar-refractivity contribution in [1.29, 1.82) is 0 Å². The van der Waals surface area contributed by atoms with E-state index in [9.17, 15) is 22.8 Å². The molecule has 37 heavy (non-hydrogen) atoms. The predicted molar refractivity (Wildman–Crippen MR) is 126 cm³/mol. The lowest BCUT2D eigenvalue weighted by Crippen LogP contribution is -2.23. The Kier molecular flexibility index (Phi) is 10.3. The molecule has 2 amide bonds. The molecule has 10 nitrogen and oxygen atoms in total. The number of nitrogens with zero attached hydrogens (tertiary/aromatic N) is 3. The van der Waals surface area contributed by atoms with Gasteiger partial charge in [0.2, 0.25) is 0 Å². The lowest BCUT2D eigenvalue weighted by atomic mass is 10.1. The first-order chi connectivity index (χ1) is 17.9. The number of benzene rings is 2. The van der Waals surface area contributed by atoms with Crippen LogP contribution in [0.1, 0.15) is 33.3 Å². The molecular formula is C24H26F3N5O5. The van der Waals surface area contributed by atoms with Crippen molar-refractivity contribution in [2.24, 2.45) is 0 Å². The average Bonchev–Trinajstić information content (AvgIpc) is 3.37. The van der Waals surface area contributed by atoms with Gasteiger partial charge in [-0.25, -0.2) is 9.07 Å². The Morgan fingerprint density at radius 3 is 2.65 bits per heavy atom. The number of rotatable bonds is 14. The second kappa shape index (κ2) is 13.8. The van der Waals surface area contributed by atoms with Gasteiger partial charge in [-0.05, 0) is 42.8 Å². The molecule has 3 aromatic rings. The SMILES string of the molecule is CCNC(=O)c1ccc(-n2cc(C(=O)NCc3cccc(OC(F)F)c3)nn2)c(OCCOCCF)c1. The summed E-state index contributed by atoms with van der Waals surface area (Å²) in [5.74, 6) is -0.589. The number of carbonyl (C=O) groups excluding carboxylic acids is 2. The fourth-order valence-corrected chi connectivity index (χ4v) is 3.18. The molecular weight excluding hydrogens is 495 g/mol. The highest BCUT2D eigenvalue weighted by molar-refractivity contribution is 5.95. The van der Waals surface area contributed by atoms with Crippen LogP contribution in [-0.2, 0) is 11.3 Å². The molecule has 0 spiro atoms. The summed E-state index contributed by atoms with van der Waals surface area (Å²) in [4.78, 5) is 24.8. The number of carbonyl (C=O) groups is 2. The van der Waals surface area contributed by atoms with Gasteiger partial charge in [0.15, 0.2) is 5.69 Å². The molecule has 0 radical (unpaired) electrons. The normalized spacial score (nSPS) is 10.8. The molecule has 0 fully saturated rings. The number of hydrogen-bond acceptors (Lipinski definition) is 7. The number of ether oxygens (including phenoxy) is 3. The van der Waals surface area contributed by atoms with Crippen molar-refractivity contribution in [1.82, 2.24) is 25.6 Å². The van der Waals surface area contributed by atoms with E-state index < -0.39 is 19.2 Å². The molecule has 0 aliphatic carbocycles. The van der Waals surface area contributed by atoms with E-state index in [4.69, 9.17) is 9.47 Å². The maximum absolute atomic E-state index is 12.6. The maximum Gasteiger partial charge on any atom is 0.387 e. The Morgan fingerprint density at radius 2 is 1.89 bits per heavy atom. The van der Waals surface area contributed by atoms with Gasteiger partial charge in [0, 0.05) is 18.7 Å². The number of nitrogens with one attached hydrogen (secondary N) is 2. The zero-order chi connectivity index (χ0) is 26.6. The Labute approximate surface area is 210 Å². The third-order valence-electron chi connectivity index (χ3n) is 4.82. The molecule has 0 saturated carbocycles. The summed E-state index contributed by atoms with van der Waals surface area (Å²) < 4.78 is 53.5. The minimum absolute atomic E-state index is 0.00924. The molecule has 2 N–H and O–H groups in total. The van der Waals surface area contributed by atoms with Gasteiger partial charge in [0.1, 0.15) is 30.5 Å². The van der Waals surface area contributed by atoms with Gasteiger partial charge in [-0.3, -0.25) is 9.59 Å². The minimum Gasteiger partial charge on any atom is -0.489 e. The average molecular weight is 521 g/mol. The third-order valence-corrected chi connectivity index (χ3v) is 4.82. The van der Waals surface area contributed by atoms with Gasteiger partial charge < -0.3 is 24.8 Å². The first-order valence-corrected chi connectivity index (χ1v) is 11.3. The molecule has 0 saturated heterocycles. The van der Waals surface area contributed by atoms with E-state index in [1.54, 1.807) is 25.1 Å². The summed E-state index contributed by atoms with van der Waals surface area (Å²) >= 11 is 0. The number of alkyl halides is 3. The molecule has 198 valence electrons. The summed E-state index contributed by atoms with van der Waals surface area (Å²) in [5.41, 5.74) is 1.29. The van der Waals surface area contributed by atoms with Crippen molar-refractivity contribution in [3.05, 3.63) is 65.5 Å². The van der Waals surface area contributed by atoms with Crippen LogP contribution in [0.2, 0.25) is 0 Å². The van der Waals surface area contributed by atoms with Crippen LogP contribution in [0.5, 0.6) is 11.5 Å². The molecule has 0 unspecified atom stereocenters. The summed E-state index contributed by atoms with van der Waals surface area (Å²) in [5, 5.41) is 13.2. The number of aromatic nitrogens is 3. The van der Waals surface area contributed by atoms with Crippen LogP contribution in [0.25, 0.3) is 5.69 Å². The van der Waals surface area contributed by atoms with Crippen molar-refractivity contribution in [3.63, 3.8) is 0 Å². The van der Waals surface area contributed by atoms with Gasteiger partial charge in [0.25, 0.3) is 11.8 Å². The highest BCUT2D eigenvalue weighted by Gasteiger charge is 2.16. The van der Waals surface area contributed by atoms with Crippen molar-refractivity contribution in [2.45, 2.75) is 20.1 Å². The Bertz CT molecular complexity index is 1190. The lowest BCUT2D eigenvalue weighted by molar-refractivity contribution is -0.0498. The number of halogens is 3. The first kappa shape index (κ1) is 27.5. The zero-order valence-corrected chi connectivity index (χ0v) is 20.0. The van der Waals surface area contributed by atoms with E-state index in [2.05, 4.69) is 25.7 Å². The first-order valence-electron chi connectivity index (χ1n) is 11.3. The molecule has 0 bridgehead atoms. The largest absolute Gasteiger partial charge is 0.489 e. The van der Waals surface area contributed by atoms with E-state index in [1.165, 1.54) is 35.1 Å². The maximum atomic E-state index is 12.6. The molecule has 0 atom stereocenters. The summed E-state index contributed by atoms with van der Waals surface area (Å²) in [6.07, 6.45) is 1.37. The van der Waals surface area contributed by atoms with Crippen molar-refractivity contribution >= 4 is 11.8 Å². The topological polar surface area (TPSA) is 117 Å². The highest BCUT2D eigenvalue weighted by atomic mass is 19.3. The van der Waals surface area contributed by atoms with E-state index in [0.29, 0.717) is 23.4 Å². The van der Waals surface area contributed by atoms with Crippen LogP contribution in [0.4, 0.5) is 13.2 Å². The molecule has 1 aromatic heterocycles. The van der Waals surface area contributed by atoms with Gasteiger partial charge in [-0.2, -0.15) is 8.78 Å². The fourth-order valence-electron chi connectivity index (χ4n) is 3.18. The molecule has 1 heterocycles. The van der Waals surface area contributed by atoms with Gasteiger partial charge in [-0.1, -0.05) is 17.3 Å². The molecule has 2 aromatic carbocycles. The van der Waals surface area contributed by atoms with Crippen LogP contribution >= 0.6 is 0 Å². The number of hydrogen-bond donors (Lipinski definition) is 2. The minimum atomic E-state index is -2.95. The summed E-state index contributed by atoms with van der Waals surface area (Å²) in [6.45, 7) is -1.13. The van der Waals surface area contributed by atoms with Gasteiger partial charge in [-0.15, -0.1) is 5.10 Å². The summed E-state index contributed by atoms with van der Waals surface area (Å²) in [7, 11) is 0. The van der Waals surface area contributed by atoms with E-state index in [0.717, 1.165) is 0 Å². The Morgan fingerprint density at radius 1 is 1.05 bits per heavy atom. The Balaban J connectivity index is 1.72. The van der Waals surface area contributed by atoms with Crippen LogP contribution in [0.15, 0.2) is 48.7 Å². The van der Waals surface area contributed by atoms with Crippen LogP contribution in [0.3, 0.4) is 0 Å². The monoisotopic (exact) mass is 521 g/mol. The van der Waals surface area contributed by atoms with E-state index >= 15 is 0 Å². The number of amides is 2. The van der Waals surface area contributed by atoms with Crippen LogP contribution < -0.4 is 20.1 Å². The van der Waals surface area contributed by atoms with E-state index in [1.807, 2.05) is 0 Å². The van der Waals surface area contributed by atoms with Crippen LogP contribution in [-0.4, -0.2) is 66.5 Å². The molecule has 13 heteroatoms. The predicted octanol–water partition coefficient (Wildman–Crippen LogP) is 2.91. The zero-order valence-electron chi connectivity index (χ0n) is 20.0. The quantitative estimate of drug-likeness (QED) is 0.314. The standard InChI is InChI=1S/C24H26F3N5O5/c1-2-28-22(33)17-6-7-20(21(13-17)36-11-10-35-9-8-25)32-15-19(30-31-32)23(34)29-14-16-4-3-5-18(12-16)37-24(26)27/h3-7,12-13,15,24H,2,8-11,14H2,1H3,(H,28,33)(H,29,34). The fraction of sp³-hybridized carbons (Fsp3) is 0.333. The highest BCUT2D eigenvalue weighted by Crippen LogP contribution is 2.24.